The van der Waals surface area contributed by atoms with Crippen LogP contribution in [0.2, 0.25) is 0 Å². The van der Waals surface area contributed by atoms with Crippen LogP contribution < -0.4 is 15.6 Å². The first kappa shape index (κ1) is 23.3. The third-order valence-corrected chi connectivity index (χ3v) is 5.83. The van der Waals surface area contributed by atoms with Gasteiger partial charge in [-0.3, -0.25) is 9.59 Å². The van der Waals surface area contributed by atoms with Crippen molar-refractivity contribution in [3.05, 3.63) is 112 Å². The summed E-state index contributed by atoms with van der Waals surface area (Å²) in [5, 5.41) is 7.87. The fourth-order valence-electron chi connectivity index (χ4n) is 3.23. The molecule has 0 aliphatic heterocycles. The quantitative estimate of drug-likeness (QED) is 0.394. The van der Waals surface area contributed by atoms with Gasteiger partial charge in [-0.1, -0.05) is 30.0 Å². The van der Waals surface area contributed by atoms with E-state index in [1.807, 2.05) is 31.2 Å². The van der Waals surface area contributed by atoms with Crippen molar-refractivity contribution >= 4 is 17.7 Å². The van der Waals surface area contributed by atoms with E-state index in [4.69, 9.17) is 4.74 Å². The van der Waals surface area contributed by atoms with Crippen LogP contribution in [0.15, 0.2) is 99.6 Å². The Morgan fingerprint density at radius 3 is 2.47 bits per heavy atom. The van der Waals surface area contributed by atoms with E-state index in [1.165, 1.54) is 34.6 Å². The lowest BCUT2D eigenvalue weighted by Crippen LogP contribution is -2.23. The lowest BCUT2D eigenvalue weighted by molar-refractivity contribution is 0.0950. The summed E-state index contributed by atoms with van der Waals surface area (Å²) in [5.41, 5.74) is 1.58. The third kappa shape index (κ3) is 5.71. The standard InChI is InChI=1S/C26H22FN3O3S/c1-2-33-23-6-4-3-5-19(23)17-28-26(32)18-7-11-21(12-8-18)30-25(31)16-15-24(29-30)34-22-13-9-20(27)10-14-22/h3-16H,2,17H2,1H3,(H,28,32). The van der Waals surface area contributed by atoms with Gasteiger partial charge in [0.25, 0.3) is 11.5 Å². The molecule has 1 N–H and O–H groups in total. The summed E-state index contributed by atoms with van der Waals surface area (Å²) in [4.78, 5) is 25.8. The van der Waals surface area contributed by atoms with Crippen LogP contribution in [0, 0.1) is 5.82 Å². The Labute approximate surface area is 200 Å². The first-order chi connectivity index (χ1) is 16.5. The van der Waals surface area contributed by atoms with Gasteiger partial charge in [0.15, 0.2) is 0 Å². The molecule has 0 saturated heterocycles. The molecule has 0 aliphatic rings. The van der Waals surface area contributed by atoms with Crippen molar-refractivity contribution in [1.82, 2.24) is 15.1 Å². The molecule has 34 heavy (non-hydrogen) atoms. The van der Waals surface area contributed by atoms with Crippen molar-refractivity contribution in [1.29, 1.82) is 0 Å². The van der Waals surface area contributed by atoms with Crippen molar-refractivity contribution in [2.75, 3.05) is 6.61 Å². The largest absolute Gasteiger partial charge is 0.494 e. The van der Waals surface area contributed by atoms with Gasteiger partial charge in [-0.05, 0) is 67.6 Å². The van der Waals surface area contributed by atoms with E-state index in [9.17, 15) is 14.0 Å². The second kappa shape index (κ2) is 10.8. The minimum absolute atomic E-state index is 0.237. The molecule has 0 radical (unpaired) electrons. The molecule has 3 aromatic carbocycles. The Balaban J connectivity index is 1.46. The maximum Gasteiger partial charge on any atom is 0.271 e. The number of hydrogen-bond donors (Lipinski definition) is 1. The molecule has 0 unspecified atom stereocenters. The average Bonchev–Trinajstić information content (AvgIpc) is 2.86. The Bertz CT molecular complexity index is 1340. The van der Waals surface area contributed by atoms with Gasteiger partial charge in [-0.25, -0.2) is 4.39 Å². The number of nitrogens with one attached hydrogen (secondary N) is 1. The van der Waals surface area contributed by atoms with Crippen LogP contribution >= 0.6 is 11.8 Å². The molecule has 1 amide bonds. The molecule has 0 aliphatic carbocycles. The Morgan fingerprint density at radius 2 is 1.74 bits per heavy atom. The Morgan fingerprint density at radius 1 is 1.00 bits per heavy atom. The molecule has 1 aromatic heterocycles. The first-order valence-corrected chi connectivity index (χ1v) is 11.5. The third-order valence-electron chi connectivity index (χ3n) is 4.90. The van der Waals surface area contributed by atoms with Gasteiger partial charge in [-0.15, -0.1) is 0 Å². The number of aromatic nitrogens is 2. The second-order valence-electron chi connectivity index (χ2n) is 7.25. The van der Waals surface area contributed by atoms with Crippen molar-refractivity contribution in [2.45, 2.75) is 23.4 Å². The molecule has 0 saturated carbocycles. The van der Waals surface area contributed by atoms with Crippen LogP contribution in [0.4, 0.5) is 4.39 Å². The van der Waals surface area contributed by atoms with Crippen molar-refractivity contribution in [2.24, 2.45) is 0 Å². The Hall–Kier alpha value is -3.91. The number of halogens is 1. The summed E-state index contributed by atoms with van der Waals surface area (Å²) in [6, 6.07) is 23.3. The number of ether oxygens (including phenoxy) is 1. The van der Waals surface area contributed by atoms with E-state index >= 15 is 0 Å². The summed E-state index contributed by atoms with van der Waals surface area (Å²) in [6.45, 7) is 2.79. The molecular formula is C26H22FN3O3S. The number of nitrogens with zero attached hydrogens (tertiary/aromatic N) is 2. The Kier molecular flexibility index (Phi) is 7.39. The molecule has 8 heteroatoms. The monoisotopic (exact) mass is 475 g/mol. The lowest BCUT2D eigenvalue weighted by Gasteiger charge is -2.11. The van der Waals surface area contributed by atoms with Gasteiger partial charge in [0.2, 0.25) is 0 Å². The van der Waals surface area contributed by atoms with Crippen LogP contribution in [-0.4, -0.2) is 22.3 Å². The number of carbonyl (C=O) groups excluding carboxylic acids is 1. The zero-order chi connectivity index (χ0) is 23.9. The van der Waals surface area contributed by atoms with Crippen LogP contribution in [-0.2, 0) is 6.54 Å². The number of benzene rings is 3. The smallest absolute Gasteiger partial charge is 0.271 e. The molecule has 1 heterocycles. The minimum atomic E-state index is -0.315. The van der Waals surface area contributed by atoms with Crippen LogP contribution in [0.25, 0.3) is 5.69 Å². The molecule has 0 fully saturated rings. The lowest BCUT2D eigenvalue weighted by atomic mass is 10.1. The topological polar surface area (TPSA) is 73.2 Å². The second-order valence-corrected chi connectivity index (χ2v) is 8.34. The van der Waals surface area contributed by atoms with Crippen molar-refractivity contribution in [3.63, 3.8) is 0 Å². The highest BCUT2D eigenvalue weighted by Gasteiger charge is 2.10. The van der Waals surface area contributed by atoms with Crippen molar-refractivity contribution in [3.8, 4) is 11.4 Å². The van der Waals surface area contributed by atoms with E-state index in [0.717, 1.165) is 16.2 Å². The summed E-state index contributed by atoms with van der Waals surface area (Å²) >= 11 is 1.32. The van der Waals surface area contributed by atoms with Crippen LogP contribution in [0.5, 0.6) is 5.75 Å². The van der Waals surface area contributed by atoms with Gasteiger partial charge in [0, 0.05) is 28.6 Å². The summed E-state index contributed by atoms with van der Waals surface area (Å²) in [7, 11) is 0. The summed E-state index contributed by atoms with van der Waals surface area (Å²) in [5.74, 6) is 0.188. The minimum Gasteiger partial charge on any atom is -0.494 e. The molecule has 0 spiro atoms. The molecule has 4 rings (SSSR count). The average molecular weight is 476 g/mol. The highest BCUT2D eigenvalue weighted by atomic mass is 32.2. The normalized spacial score (nSPS) is 10.6. The molecule has 4 aromatic rings. The zero-order valence-corrected chi connectivity index (χ0v) is 19.2. The summed E-state index contributed by atoms with van der Waals surface area (Å²) < 4.78 is 20.0. The highest BCUT2D eigenvalue weighted by molar-refractivity contribution is 7.99. The number of rotatable bonds is 8. The van der Waals surface area contributed by atoms with E-state index in [1.54, 1.807) is 42.5 Å². The number of para-hydroxylation sites is 1. The first-order valence-electron chi connectivity index (χ1n) is 10.7. The van der Waals surface area contributed by atoms with Gasteiger partial charge >= 0.3 is 0 Å². The molecular weight excluding hydrogens is 453 g/mol. The molecule has 0 atom stereocenters. The molecule has 172 valence electrons. The van der Waals surface area contributed by atoms with E-state index in [2.05, 4.69) is 10.4 Å². The van der Waals surface area contributed by atoms with Crippen LogP contribution in [0.3, 0.4) is 0 Å². The van der Waals surface area contributed by atoms with Gasteiger partial charge in [-0.2, -0.15) is 9.78 Å². The zero-order valence-electron chi connectivity index (χ0n) is 18.4. The SMILES string of the molecule is CCOc1ccccc1CNC(=O)c1ccc(-n2nc(Sc3ccc(F)cc3)ccc2=O)cc1. The fraction of sp³-hybridized carbons (Fsp3) is 0.115. The van der Waals surface area contributed by atoms with E-state index in [0.29, 0.717) is 29.4 Å². The molecule has 0 bridgehead atoms. The van der Waals surface area contributed by atoms with Gasteiger partial charge in [0.1, 0.15) is 16.6 Å². The summed E-state index contributed by atoms with van der Waals surface area (Å²) in [6.07, 6.45) is 0. The maximum atomic E-state index is 13.1. The fourth-order valence-corrected chi connectivity index (χ4v) is 4.01. The highest BCUT2D eigenvalue weighted by Crippen LogP contribution is 2.25. The maximum absolute atomic E-state index is 13.1. The predicted octanol–water partition coefficient (Wildman–Crippen LogP) is 4.85. The number of hydrogen-bond acceptors (Lipinski definition) is 5. The van der Waals surface area contributed by atoms with E-state index < -0.39 is 0 Å². The van der Waals surface area contributed by atoms with Gasteiger partial charge in [0.05, 0.1) is 12.3 Å². The number of amides is 1. The van der Waals surface area contributed by atoms with Crippen molar-refractivity contribution < 1.29 is 13.9 Å². The van der Waals surface area contributed by atoms with E-state index in [-0.39, 0.29) is 17.3 Å². The van der Waals surface area contributed by atoms with Gasteiger partial charge < -0.3 is 10.1 Å². The van der Waals surface area contributed by atoms with Crippen LogP contribution in [0.1, 0.15) is 22.8 Å². The number of carbonyl (C=O) groups is 1. The molecule has 6 nitrogen and oxygen atoms in total. The predicted molar refractivity (Wildman–Crippen MR) is 129 cm³/mol.